The summed E-state index contributed by atoms with van der Waals surface area (Å²) < 4.78 is 6.83. The monoisotopic (exact) mass is 328 g/mol. The van der Waals surface area contributed by atoms with Gasteiger partial charge in [-0.15, -0.1) is 0 Å². The molecule has 0 fully saturated rings. The van der Waals surface area contributed by atoms with E-state index in [9.17, 15) is 0 Å². The first kappa shape index (κ1) is 16.5. The van der Waals surface area contributed by atoms with Crippen molar-refractivity contribution in [3.63, 3.8) is 0 Å². The summed E-state index contributed by atoms with van der Waals surface area (Å²) in [6.45, 7) is 9.31. The van der Waals surface area contributed by atoms with Gasteiger partial charge in [-0.25, -0.2) is 0 Å². The largest absolute Gasteiger partial charge is 0.496 e. The molecule has 4 heteroatoms. The van der Waals surface area contributed by atoms with Gasteiger partial charge < -0.3 is 15.0 Å². The van der Waals surface area contributed by atoms with E-state index in [4.69, 9.17) is 4.74 Å². The lowest BCUT2D eigenvalue weighted by Gasteiger charge is -2.23. The number of nitrogens with one attached hydrogen (secondary N) is 1. The zero-order chi connectivity index (χ0) is 14.6. The van der Waals surface area contributed by atoms with Crippen LogP contribution in [-0.2, 0) is 6.54 Å². The van der Waals surface area contributed by atoms with Crippen molar-refractivity contribution in [3.05, 3.63) is 26.7 Å². The zero-order valence-corrected chi connectivity index (χ0v) is 14.4. The van der Waals surface area contributed by atoms with E-state index in [1.807, 2.05) is 7.05 Å². The van der Waals surface area contributed by atoms with Crippen LogP contribution >= 0.6 is 15.9 Å². The maximum Gasteiger partial charge on any atom is 0.126 e. The highest BCUT2D eigenvalue weighted by molar-refractivity contribution is 9.10. The van der Waals surface area contributed by atoms with Crippen molar-refractivity contribution in [2.24, 2.45) is 0 Å². The summed E-state index contributed by atoms with van der Waals surface area (Å²) in [6.07, 6.45) is 0. The third-order valence-corrected chi connectivity index (χ3v) is 4.85. The van der Waals surface area contributed by atoms with Gasteiger partial charge in [-0.2, -0.15) is 0 Å². The van der Waals surface area contributed by atoms with Gasteiger partial charge in [0.15, 0.2) is 0 Å². The molecule has 0 saturated heterocycles. The summed E-state index contributed by atoms with van der Waals surface area (Å²) in [5.41, 5.74) is 5.03. The van der Waals surface area contributed by atoms with Gasteiger partial charge in [0.1, 0.15) is 5.75 Å². The Kier molecular flexibility index (Phi) is 6.30. The minimum atomic E-state index is 0.899. The Labute approximate surface area is 125 Å². The minimum absolute atomic E-state index is 0.899. The van der Waals surface area contributed by atoms with Crippen molar-refractivity contribution in [3.8, 4) is 5.75 Å². The molecule has 0 unspecified atom stereocenters. The number of likely N-dealkylation sites (N-methyl/N-ethyl adjacent to an activating group) is 2. The fraction of sp³-hybridized carbons (Fsp3) is 0.600. The average molecular weight is 329 g/mol. The summed E-state index contributed by atoms with van der Waals surface area (Å²) in [5.74, 6) is 1.02. The third-order valence-electron chi connectivity index (χ3n) is 3.66. The lowest BCUT2D eigenvalue weighted by Crippen LogP contribution is -2.27. The van der Waals surface area contributed by atoms with Crippen molar-refractivity contribution in [1.82, 2.24) is 10.2 Å². The fourth-order valence-electron chi connectivity index (χ4n) is 2.26. The lowest BCUT2D eigenvalue weighted by molar-refractivity contribution is 0.317. The average Bonchev–Trinajstić information content (AvgIpc) is 2.40. The Morgan fingerprint density at radius 2 is 1.79 bits per heavy atom. The molecule has 108 valence electrons. The van der Waals surface area contributed by atoms with E-state index in [2.05, 4.69) is 54.0 Å². The molecule has 0 aliphatic carbocycles. The Morgan fingerprint density at radius 1 is 1.16 bits per heavy atom. The number of rotatable bonds is 6. The van der Waals surface area contributed by atoms with Gasteiger partial charge >= 0.3 is 0 Å². The van der Waals surface area contributed by atoms with Crippen LogP contribution in [0.4, 0.5) is 0 Å². The summed E-state index contributed by atoms with van der Waals surface area (Å²) >= 11 is 3.70. The SMILES string of the molecule is CNCCN(C)Cc1c(C)c(Br)c(C)c(C)c1OC. The minimum Gasteiger partial charge on any atom is -0.496 e. The van der Waals surface area contributed by atoms with E-state index in [1.165, 1.54) is 26.7 Å². The van der Waals surface area contributed by atoms with E-state index < -0.39 is 0 Å². The third kappa shape index (κ3) is 3.71. The molecule has 0 radical (unpaired) electrons. The fourth-order valence-corrected chi connectivity index (χ4v) is 2.80. The molecule has 0 heterocycles. The second-order valence-corrected chi connectivity index (χ2v) is 5.84. The maximum absolute atomic E-state index is 5.64. The normalized spacial score (nSPS) is 11.2. The van der Waals surface area contributed by atoms with Crippen molar-refractivity contribution in [2.75, 3.05) is 34.3 Å². The van der Waals surface area contributed by atoms with Crippen LogP contribution in [0.1, 0.15) is 22.3 Å². The van der Waals surface area contributed by atoms with Gasteiger partial charge in [0.05, 0.1) is 7.11 Å². The van der Waals surface area contributed by atoms with E-state index >= 15 is 0 Å². The molecule has 19 heavy (non-hydrogen) atoms. The topological polar surface area (TPSA) is 24.5 Å². The van der Waals surface area contributed by atoms with E-state index in [-0.39, 0.29) is 0 Å². The van der Waals surface area contributed by atoms with Gasteiger partial charge in [-0.1, -0.05) is 15.9 Å². The van der Waals surface area contributed by atoms with Crippen molar-refractivity contribution < 1.29 is 4.74 Å². The Balaban J connectivity index is 3.12. The van der Waals surface area contributed by atoms with Gasteiger partial charge in [-0.3, -0.25) is 0 Å². The molecule has 0 aliphatic rings. The van der Waals surface area contributed by atoms with Crippen LogP contribution in [0.5, 0.6) is 5.75 Å². The van der Waals surface area contributed by atoms with E-state index in [0.29, 0.717) is 0 Å². The first-order valence-electron chi connectivity index (χ1n) is 6.59. The first-order valence-corrected chi connectivity index (χ1v) is 7.38. The zero-order valence-electron chi connectivity index (χ0n) is 12.9. The summed E-state index contributed by atoms with van der Waals surface area (Å²) in [7, 11) is 5.87. The number of hydrogen-bond donors (Lipinski definition) is 1. The van der Waals surface area contributed by atoms with E-state index in [1.54, 1.807) is 7.11 Å². The van der Waals surface area contributed by atoms with Crippen LogP contribution in [0.15, 0.2) is 4.47 Å². The molecule has 0 atom stereocenters. The van der Waals surface area contributed by atoms with Gasteiger partial charge in [-0.05, 0) is 51.6 Å². The number of halogens is 1. The summed E-state index contributed by atoms with van der Waals surface area (Å²) in [6, 6.07) is 0. The molecular weight excluding hydrogens is 304 g/mol. The smallest absolute Gasteiger partial charge is 0.126 e. The Morgan fingerprint density at radius 3 is 2.32 bits per heavy atom. The van der Waals surface area contributed by atoms with Crippen LogP contribution in [0.25, 0.3) is 0 Å². The predicted molar refractivity (Wildman–Crippen MR) is 85.2 cm³/mol. The predicted octanol–water partition coefficient (Wildman–Crippen LogP) is 3.03. The van der Waals surface area contributed by atoms with Gasteiger partial charge in [0, 0.05) is 29.7 Å². The number of ether oxygens (including phenoxy) is 1. The second kappa shape index (κ2) is 7.27. The van der Waals surface area contributed by atoms with Crippen molar-refractivity contribution >= 4 is 15.9 Å². The number of hydrogen-bond acceptors (Lipinski definition) is 3. The summed E-state index contributed by atoms with van der Waals surface area (Å²) in [4.78, 5) is 2.31. The van der Waals surface area contributed by atoms with Crippen molar-refractivity contribution in [2.45, 2.75) is 27.3 Å². The van der Waals surface area contributed by atoms with E-state index in [0.717, 1.165) is 25.4 Å². The van der Waals surface area contributed by atoms with Crippen LogP contribution in [-0.4, -0.2) is 39.2 Å². The molecule has 0 bridgehead atoms. The number of methoxy groups -OCH3 is 1. The van der Waals surface area contributed by atoms with Crippen LogP contribution in [0.3, 0.4) is 0 Å². The quantitative estimate of drug-likeness (QED) is 0.868. The maximum atomic E-state index is 5.64. The molecular formula is C15H25BrN2O. The molecule has 0 aliphatic heterocycles. The van der Waals surface area contributed by atoms with Crippen molar-refractivity contribution in [1.29, 1.82) is 0 Å². The number of nitrogens with zero attached hydrogens (tertiary/aromatic N) is 1. The molecule has 0 amide bonds. The highest BCUT2D eigenvalue weighted by atomic mass is 79.9. The molecule has 0 spiro atoms. The lowest BCUT2D eigenvalue weighted by atomic mass is 9.98. The highest BCUT2D eigenvalue weighted by Gasteiger charge is 2.17. The number of benzene rings is 1. The van der Waals surface area contributed by atoms with Crippen LogP contribution in [0, 0.1) is 20.8 Å². The molecule has 1 aromatic carbocycles. The Bertz CT molecular complexity index is 447. The Hall–Kier alpha value is -0.580. The molecule has 1 N–H and O–H groups in total. The summed E-state index contributed by atoms with van der Waals surface area (Å²) in [5, 5.41) is 3.18. The van der Waals surface area contributed by atoms with Gasteiger partial charge in [0.25, 0.3) is 0 Å². The molecule has 0 saturated carbocycles. The molecule has 1 rings (SSSR count). The second-order valence-electron chi connectivity index (χ2n) is 5.04. The molecule has 0 aromatic heterocycles. The van der Waals surface area contributed by atoms with Gasteiger partial charge in [0.2, 0.25) is 0 Å². The van der Waals surface area contributed by atoms with Crippen LogP contribution < -0.4 is 10.1 Å². The molecule has 1 aromatic rings. The standard InChI is InChI=1S/C15H25BrN2O/c1-10-11(2)15(19-6)13(12(3)14(10)16)9-18(5)8-7-17-4/h17H,7-9H2,1-6H3. The first-order chi connectivity index (χ1) is 8.93. The molecule has 3 nitrogen and oxygen atoms in total. The van der Waals surface area contributed by atoms with Crippen LogP contribution in [0.2, 0.25) is 0 Å². The highest BCUT2D eigenvalue weighted by Crippen LogP contribution is 2.36.